The van der Waals surface area contributed by atoms with Gasteiger partial charge in [-0.25, -0.2) is 9.97 Å². The highest BCUT2D eigenvalue weighted by molar-refractivity contribution is 6.31. The van der Waals surface area contributed by atoms with Gasteiger partial charge in [0.15, 0.2) is 5.65 Å². The summed E-state index contributed by atoms with van der Waals surface area (Å²) in [6.07, 6.45) is 7.10. The maximum absolute atomic E-state index is 12.9. The average Bonchev–Trinajstić information content (AvgIpc) is 3.29. The Balaban J connectivity index is 1.51. The van der Waals surface area contributed by atoms with Crippen LogP contribution in [-0.2, 0) is 7.05 Å². The zero-order chi connectivity index (χ0) is 20.8. The lowest BCUT2D eigenvalue weighted by molar-refractivity contribution is 0.0927. The molecule has 4 aromatic rings. The molecule has 0 bridgehead atoms. The Hall–Kier alpha value is -2.97. The molecule has 30 heavy (non-hydrogen) atoms. The molecule has 154 valence electrons. The second-order valence-electron chi connectivity index (χ2n) is 7.89. The van der Waals surface area contributed by atoms with E-state index >= 15 is 0 Å². The Bertz CT molecular complexity index is 1260. The van der Waals surface area contributed by atoms with Gasteiger partial charge >= 0.3 is 0 Å². The molecule has 3 aromatic heterocycles. The van der Waals surface area contributed by atoms with Gasteiger partial charge in [-0.3, -0.25) is 9.48 Å². The third-order valence-electron chi connectivity index (χ3n) is 5.73. The number of nitrogens with zero attached hydrogens (tertiary/aromatic N) is 4. The lowest BCUT2D eigenvalue weighted by Gasteiger charge is -2.27. The number of H-pyrrole nitrogens is 1. The summed E-state index contributed by atoms with van der Waals surface area (Å²) in [5.41, 5.74) is 9.82. The molecular formula is C21H22ClN7O. The predicted molar refractivity (Wildman–Crippen MR) is 116 cm³/mol. The smallest absolute Gasteiger partial charge is 0.255 e. The molecule has 1 aliphatic carbocycles. The van der Waals surface area contributed by atoms with E-state index in [1.807, 2.05) is 25.2 Å². The first-order chi connectivity index (χ1) is 14.5. The number of aromatic nitrogens is 5. The van der Waals surface area contributed by atoms with Gasteiger partial charge in [0.05, 0.1) is 17.3 Å². The highest BCUT2D eigenvalue weighted by Gasteiger charge is 2.23. The number of carbonyl (C=O) groups is 1. The zero-order valence-electron chi connectivity index (χ0n) is 16.5. The lowest BCUT2D eigenvalue weighted by Crippen LogP contribution is -2.42. The van der Waals surface area contributed by atoms with Crippen molar-refractivity contribution in [1.82, 2.24) is 30.0 Å². The van der Waals surface area contributed by atoms with E-state index in [0.717, 1.165) is 36.6 Å². The summed E-state index contributed by atoms with van der Waals surface area (Å²) in [6.45, 7) is 0. The summed E-state index contributed by atoms with van der Waals surface area (Å²) >= 11 is 6.13. The van der Waals surface area contributed by atoms with Crippen molar-refractivity contribution in [2.45, 2.75) is 37.8 Å². The molecule has 1 aromatic carbocycles. The maximum Gasteiger partial charge on any atom is 0.255 e. The molecule has 1 fully saturated rings. The van der Waals surface area contributed by atoms with Gasteiger partial charge in [-0.05, 0) is 43.9 Å². The van der Waals surface area contributed by atoms with Crippen molar-refractivity contribution in [2.75, 3.05) is 0 Å². The Morgan fingerprint density at radius 2 is 2.23 bits per heavy atom. The minimum atomic E-state index is -0.163. The summed E-state index contributed by atoms with van der Waals surface area (Å²) in [5, 5.41) is 9.27. The maximum atomic E-state index is 12.9. The zero-order valence-corrected chi connectivity index (χ0v) is 17.3. The minimum absolute atomic E-state index is 0.0897. The van der Waals surface area contributed by atoms with E-state index in [1.54, 1.807) is 17.1 Å². The van der Waals surface area contributed by atoms with Crippen molar-refractivity contribution in [1.29, 1.82) is 0 Å². The number of benzene rings is 1. The largest absolute Gasteiger partial charge is 0.349 e. The van der Waals surface area contributed by atoms with E-state index in [1.165, 1.54) is 0 Å². The molecule has 5 rings (SSSR count). The summed E-state index contributed by atoms with van der Waals surface area (Å²) in [4.78, 5) is 25.2. The molecule has 4 N–H and O–H groups in total. The Morgan fingerprint density at radius 3 is 3.07 bits per heavy atom. The fourth-order valence-electron chi connectivity index (χ4n) is 4.22. The molecule has 1 aliphatic rings. The van der Waals surface area contributed by atoms with Crippen LogP contribution in [-0.4, -0.2) is 42.7 Å². The summed E-state index contributed by atoms with van der Waals surface area (Å²) in [5.74, 6) is -0.163. The first-order valence-electron chi connectivity index (χ1n) is 10.0. The van der Waals surface area contributed by atoms with Crippen molar-refractivity contribution in [3.05, 3.63) is 41.2 Å². The molecule has 0 radical (unpaired) electrons. The topological polar surface area (TPSA) is 115 Å². The first kappa shape index (κ1) is 19.0. The molecule has 0 saturated heterocycles. The molecule has 2 atom stereocenters. The number of halogens is 1. The van der Waals surface area contributed by atoms with Gasteiger partial charge in [-0.2, -0.15) is 5.10 Å². The number of aromatic amines is 1. The first-order valence-corrected chi connectivity index (χ1v) is 10.4. The second-order valence-corrected chi connectivity index (χ2v) is 8.32. The van der Waals surface area contributed by atoms with Crippen LogP contribution in [0.3, 0.4) is 0 Å². The number of rotatable bonds is 3. The number of hydrogen-bond donors (Lipinski definition) is 3. The second kappa shape index (κ2) is 7.37. The van der Waals surface area contributed by atoms with Crippen LogP contribution in [0, 0.1) is 0 Å². The Kier molecular flexibility index (Phi) is 4.67. The highest BCUT2D eigenvalue weighted by Crippen LogP contribution is 2.29. The van der Waals surface area contributed by atoms with E-state index in [4.69, 9.17) is 22.3 Å². The van der Waals surface area contributed by atoms with Crippen LogP contribution in [0.1, 0.15) is 36.0 Å². The number of carbonyl (C=O) groups excluding carboxylic acids is 1. The van der Waals surface area contributed by atoms with Crippen molar-refractivity contribution in [3.8, 4) is 11.4 Å². The van der Waals surface area contributed by atoms with E-state index in [2.05, 4.69) is 20.4 Å². The van der Waals surface area contributed by atoms with Gasteiger partial charge in [-0.1, -0.05) is 11.6 Å². The van der Waals surface area contributed by atoms with Gasteiger partial charge in [0, 0.05) is 35.7 Å². The minimum Gasteiger partial charge on any atom is -0.349 e. The van der Waals surface area contributed by atoms with Crippen LogP contribution in [0.5, 0.6) is 0 Å². The van der Waals surface area contributed by atoms with Crippen LogP contribution >= 0.6 is 11.6 Å². The van der Waals surface area contributed by atoms with Crippen molar-refractivity contribution in [3.63, 3.8) is 0 Å². The Morgan fingerprint density at radius 1 is 1.37 bits per heavy atom. The van der Waals surface area contributed by atoms with Gasteiger partial charge in [0.1, 0.15) is 16.9 Å². The van der Waals surface area contributed by atoms with Crippen LogP contribution in [0.15, 0.2) is 30.6 Å². The number of nitrogens with one attached hydrogen (secondary N) is 2. The van der Waals surface area contributed by atoms with E-state index in [-0.39, 0.29) is 18.0 Å². The number of amides is 1. The van der Waals surface area contributed by atoms with Gasteiger partial charge in [-0.15, -0.1) is 0 Å². The third kappa shape index (κ3) is 3.32. The third-order valence-corrected chi connectivity index (χ3v) is 5.97. The number of nitrogens with two attached hydrogens (primary N) is 1. The molecule has 0 unspecified atom stereocenters. The molecule has 1 amide bonds. The van der Waals surface area contributed by atoms with E-state index < -0.39 is 0 Å². The lowest BCUT2D eigenvalue weighted by atomic mass is 9.91. The standard InChI is InChI=1S/C21H22ClN7O/c1-29-17-7-11(22)5-6-14(17)18(28-29)16-10-25-20-19(27-16)15(9-24-20)21(30)26-13-4-2-3-12(23)8-13/h5-7,9-10,12-13H,2-4,8,23H2,1H3,(H,24,25)(H,26,30)/t12-,13+/m0/s1. The van der Waals surface area contributed by atoms with Crippen molar-refractivity contribution in [2.24, 2.45) is 12.8 Å². The summed E-state index contributed by atoms with van der Waals surface area (Å²) in [7, 11) is 1.86. The monoisotopic (exact) mass is 423 g/mol. The molecule has 0 spiro atoms. The molecular weight excluding hydrogens is 402 g/mol. The number of hydrogen-bond acceptors (Lipinski definition) is 5. The molecule has 0 aliphatic heterocycles. The van der Waals surface area contributed by atoms with Crippen LogP contribution < -0.4 is 11.1 Å². The Labute approximate surface area is 177 Å². The van der Waals surface area contributed by atoms with Gasteiger partial charge in [0.25, 0.3) is 5.91 Å². The quantitative estimate of drug-likeness (QED) is 0.468. The fraction of sp³-hybridized carbons (Fsp3) is 0.333. The van der Waals surface area contributed by atoms with Crippen molar-refractivity contribution < 1.29 is 4.79 Å². The fourth-order valence-corrected chi connectivity index (χ4v) is 4.39. The number of fused-ring (bicyclic) bond motifs is 2. The molecule has 9 heteroatoms. The molecule has 8 nitrogen and oxygen atoms in total. The summed E-state index contributed by atoms with van der Waals surface area (Å²) < 4.78 is 1.76. The van der Waals surface area contributed by atoms with Crippen LogP contribution in [0.4, 0.5) is 0 Å². The predicted octanol–water partition coefficient (Wildman–Crippen LogP) is 3.16. The van der Waals surface area contributed by atoms with Gasteiger partial charge < -0.3 is 16.0 Å². The average molecular weight is 424 g/mol. The van der Waals surface area contributed by atoms with Crippen LogP contribution in [0.25, 0.3) is 33.5 Å². The van der Waals surface area contributed by atoms with E-state index in [0.29, 0.717) is 33.1 Å². The molecule has 1 saturated carbocycles. The van der Waals surface area contributed by atoms with E-state index in [9.17, 15) is 4.79 Å². The van der Waals surface area contributed by atoms with Crippen molar-refractivity contribution >= 4 is 39.6 Å². The van der Waals surface area contributed by atoms with Crippen LogP contribution in [0.2, 0.25) is 5.02 Å². The van der Waals surface area contributed by atoms with Gasteiger partial charge in [0.2, 0.25) is 0 Å². The SMILES string of the molecule is Cn1nc(-c2cnc3[nH]cc(C(=O)N[C@@H]4CCC[C@H](N)C4)c3n2)c2ccc(Cl)cc21. The highest BCUT2D eigenvalue weighted by atomic mass is 35.5. The molecule has 3 heterocycles. The summed E-state index contributed by atoms with van der Waals surface area (Å²) in [6, 6.07) is 5.84. The number of aryl methyl sites for hydroxylation is 1. The normalized spacial score (nSPS) is 19.4.